The van der Waals surface area contributed by atoms with Gasteiger partial charge in [0.15, 0.2) is 0 Å². The molecule has 4 nitrogen and oxygen atoms in total. The molecule has 0 aromatic heterocycles. The lowest BCUT2D eigenvalue weighted by Crippen LogP contribution is -2.38. The van der Waals surface area contributed by atoms with Gasteiger partial charge in [-0.2, -0.15) is 0 Å². The number of hydrogen-bond donors (Lipinski definition) is 2. The van der Waals surface area contributed by atoms with E-state index in [4.69, 9.17) is 5.73 Å². The van der Waals surface area contributed by atoms with Crippen LogP contribution in [-0.2, 0) is 0 Å². The molecule has 1 fully saturated rings. The third kappa shape index (κ3) is 3.47. The zero-order valence-corrected chi connectivity index (χ0v) is 11.9. The van der Waals surface area contributed by atoms with Crippen molar-refractivity contribution < 1.29 is 4.79 Å². The third-order valence-corrected chi connectivity index (χ3v) is 3.58. The highest BCUT2D eigenvalue weighted by Gasteiger charge is 2.30. The fraction of sp³-hybridized carbons (Fsp3) is 0.533. The fourth-order valence-corrected chi connectivity index (χ4v) is 2.36. The largest absolute Gasteiger partial charge is 0.329 e. The Balaban J connectivity index is 2.02. The van der Waals surface area contributed by atoms with Gasteiger partial charge in [0.05, 0.1) is 6.04 Å². The van der Waals surface area contributed by atoms with E-state index in [-0.39, 0.29) is 17.6 Å². The van der Waals surface area contributed by atoms with Crippen molar-refractivity contribution in [2.45, 2.75) is 38.8 Å². The van der Waals surface area contributed by atoms with Crippen molar-refractivity contribution in [3.8, 4) is 0 Å². The van der Waals surface area contributed by atoms with Crippen molar-refractivity contribution in [3.05, 3.63) is 35.4 Å². The van der Waals surface area contributed by atoms with Crippen molar-refractivity contribution >= 4 is 6.03 Å². The predicted octanol–water partition coefficient (Wildman–Crippen LogP) is 2.19. The second kappa shape index (κ2) is 5.21. The summed E-state index contributed by atoms with van der Waals surface area (Å²) >= 11 is 0. The van der Waals surface area contributed by atoms with Crippen molar-refractivity contribution in [1.29, 1.82) is 0 Å². The van der Waals surface area contributed by atoms with Crippen molar-refractivity contribution in [3.63, 3.8) is 0 Å². The summed E-state index contributed by atoms with van der Waals surface area (Å²) in [5.41, 5.74) is 8.15. The van der Waals surface area contributed by atoms with Gasteiger partial charge in [0.1, 0.15) is 0 Å². The van der Waals surface area contributed by atoms with Crippen LogP contribution in [0.4, 0.5) is 4.79 Å². The molecule has 0 bridgehead atoms. The summed E-state index contributed by atoms with van der Waals surface area (Å²) in [6.07, 6.45) is 0.806. The van der Waals surface area contributed by atoms with Crippen LogP contribution in [-0.4, -0.2) is 29.6 Å². The second-order valence-electron chi connectivity index (χ2n) is 6.04. The van der Waals surface area contributed by atoms with E-state index in [1.807, 2.05) is 30.9 Å². The molecule has 1 aliphatic rings. The maximum atomic E-state index is 12.0. The Hall–Kier alpha value is -1.55. The molecule has 1 aromatic carbocycles. The van der Waals surface area contributed by atoms with Crippen molar-refractivity contribution in [2.75, 3.05) is 13.1 Å². The first-order valence-electron chi connectivity index (χ1n) is 6.77. The van der Waals surface area contributed by atoms with Crippen LogP contribution >= 0.6 is 0 Å². The number of amides is 2. The molecule has 1 atom stereocenters. The van der Waals surface area contributed by atoms with Crippen LogP contribution < -0.4 is 11.1 Å². The number of urea groups is 1. The lowest BCUT2D eigenvalue weighted by molar-refractivity contribution is 0.213. The molecule has 1 aromatic rings. The smallest absolute Gasteiger partial charge is 0.318 e. The molecule has 0 radical (unpaired) electrons. The molecular weight excluding hydrogens is 238 g/mol. The molecule has 0 aliphatic carbocycles. The van der Waals surface area contributed by atoms with Crippen LogP contribution in [0.1, 0.15) is 37.4 Å². The molecule has 1 unspecified atom stereocenters. The fourth-order valence-electron chi connectivity index (χ4n) is 2.36. The van der Waals surface area contributed by atoms with Gasteiger partial charge in [-0.15, -0.1) is 0 Å². The van der Waals surface area contributed by atoms with E-state index in [2.05, 4.69) is 24.4 Å². The minimum absolute atomic E-state index is 0.0116. The average molecular weight is 261 g/mol. The summed E-state index contributed by atoms with van der Waals surface area (Å²) in [6, 6.07) is 8.29. The van der Waals surface area contributed by atoms with Gasteiger partial charge in [-0.25, -0.2) is 4.79 Å². The highest BCUT2D eigenvalue weighted by molar-refractivity contribution is 5.77. The van der Waals surface area contributed by atoms with Gasteiger partial charge in [0.2, 0.25) is 0 Å². The first kappa shape index (κ1) is 13.9. The normalized spacial score (nSPS) is 19.7. The van der Waals surface area contributed by atoms with Crippen LogP contribution in [0.3, 0.4) is 0 Å². The number of hydrogen-bond acceptors (Lipinski definition) is 2. The standard InChI is InChI=1S/C15H23N3O/c1-11-6-4-5-7-12(11)13-10-18(14(19)17-13)9-8-15(2,3)16/h4-7,13H,8-10,16H2,1-3H3,(H,17,19). The molecule has 2 amide bonds. The number of nitrogens with one attached hydrogen (secondary N) is 1. The topological polar surface area (TPSA) is 58.4 Å². The Morgan fingerprint density at radius 3 is 2.74 bits per heavy atom. The van der Waals surface area contributed by atoms with Gasteiger partial charge in [0, 0.05) is 18.6 Å². The number of nitrogens with two attached hydrogens (primary N) is 1. The quantitative estimate of drug-likeness (QED) is 0.873. The van der Waals surface area contributed by atoms with E-state index < -0.39 is 0 Å². The monoisotopic (exact) mass is 261 g/mol. The Labute approximate surface area is 115 Å². The molecule has 0 spiro atoms. The van der Waals surface area contributed by atoms with Crippen LogP contribution in [0.15, 0.2) is 24.3 Å². The maximum absolute atomic E-state index is 12.0. The lowest BCUT2D eigenvalue weighted by Gasteiger charge is -2.22. The number of rotatable bonds is 4. The van der Waals surface area contributed by atoms with Crippen LogP contribution in [0.5, 0.6) is 0 Å². The van der Waals surface area contributed by atoms with E-state index in [1.54, 1.807) is 0 Å². The summed E-state index contributed by atoms with van der Waals surface area (Å²) in [5.74, 6) is 0. The predicted molar refractivity (Wildman–Crippen MR) is 76.9 cm³/mol. The zero-order valence-electron chi connectivity index (χ0n) is 11.9. The average Bonchev–Trinajstić information content (AvgIpc) is 2.68. The van der Waals surface area contributed by atoms with Crippen molar-refractivity contribution in [1.82, 2.24) is 10.2 Å². The van der Waals surface area contributed by atoms with E-state index in [1.165, 1.54) is 11.1 Å². The summed E-state index contributed by atoms with van der Waals surface area (Å²) in [6.45, 7) is 7.48. The summed E-state index contributed by atoms with van der Waals surface area (Å²) in [5, 5.41) is 3.04. The first-order chi connectivity index (χ1) is 8.87. The highest BCUT2D eigenvalue weighted by atomic mass is 16.2. The molecule has 1 saturated heterocycles. The van der Waals surface area contributed by atoms with Gasteiger partial charge in [-0.1, -0.05) is 24.3 Å². The molecule has 4 heteroatoms. The van der Waals surface area contributed by atoms with Gasteiger partial charge in [-0.3, -0.25) is 0 Å². The van der Waals surface area contributed by atoms with Gasteiger partial charge in [0.25, 0.3) is 0 Å². The maximum Gasteiger partial charge on any atom is 0.318 e. The van der Waals surface area contributed by atoms with Crippen LogP contribution in [0, 0.1) is 6.92 Å². The van der Waals surface area contributed by atoms with E-state index in [0.717, 1.165) is 13.0 Å². The van der Waals surface area contributed by atoms with Gasteiger partial charge in [-0.05, 0) is 38.3 Å². The van der Waals surface area contributed by atoms with E-state index >= 15 is 0 Å². The molecule has 1 heterocycles. The molecule has 3 N–H and O–H groups in total. The first-order valence-corrected chi connectivity index (χ1v) is 6.77. The lowest BCUT2D eigenvalue weighted by atomic mass is 10.0. The number of carbonyl (C=O) groups excluding carboxylic acids is 1. The second-order valence-corrected chi connectivity index (χ2v) is 6.04. The van der Waals surface area contributed by atoms with E-state index in [9.17, 15) is 4.79 Å². The number of carbonyl (C=O) groups is 1. The third-order valence-electron chi connectivity index (χ3n) is 3.58. The van der Waals surface area contributed by atoms with Gasteiger partial charge >= 0.3 is 6.03 Å². The Bertz CT molecular complexity index is 465. The zero-order chi connectivity index (χ0) is 14.0. The molecule has 19 heavy (non-hydrogen) atoms. The highest BCUT2D eigenvalue weighted by Crippen LogP contribution is 2.23. The van der Waals surface area contributed by atoms with Crippen LogP contribution in [0.25, 0.3) is 0 Å². The van der Waals surface area contributed by atoms with E-state index in [0.29, 0.717) is 6.54 Å². The summed E-state index contributed by atoms with van der Waals surface area (Å²) < 4.78 is 0. The number of nitrogens with zero attached hydrogens (tertiary/aromatic N) is 1. The Kier molecular flexibility index (Phi) is 3.80. The molecule has 1 aliphatic heterocycles. The minimum atomic E-state index is -0.235. The Morgan fingerprint density at radius 2 is 2.11 bits per heavy atom. The number of benzene rings is 1. The summed E-state index contributed by atoms with van der Waals surface area (Å²) in [4.78, 5) is 13.8. The van der Waals surface area contributed by atoms with Gasteiger partial charge < -0.3 is 16.0 Å². The molecule has 0 saturated carbocycles. The molecule has 104 valence electrons. The summed E-state index contributed by atoms with van der Waals surface area (Å²) in [7, 11) is 0. The molecular formula is C15H23N3O. The minimum Gasteiger partial charge on any atom is -0.329 e. The Morgan fingerprint density at radius 1 is 1.42 bits per heavy atom. The number of aryl methyl sites for hydroxylation is 1. The molecule has 2 rings (SSSR count). The van der Waals surface area contributed by atoms with Crippen molar-refractivity contribution in [2.24, 2.45) is 5.73 Å². The SMILES string of the molecule is Cc1ccccc1C1CN(CCC(C)(C)N)C(=O)N1. The van der Waals surface area contributed by atoms with Crippen LogP contribution in [0.2, 0.25) is 0 Å².